The second kappa shape index (κ2) is 10.3. The van der Waals surface area contributed by atoms with E-state index in [0.717, 1.165) is 6.42 Å². The van der Waals surface area contributed by atoms with Crippen molar-refractivity contribution in [2.45, 2.75) is 90.4 Å². The molecule has 1 amide bonds. The molecule has 12 nitrogen and oxygen atoms in total. The van der Waals surface area contributed by atoms with Gasteiger partial charge in [-0.2, -0.15) is 0 Å². The van der Waals surface area contributed by atoms with Crippen LogP contribution in [0.4, 0.5) is 4.79 Å². The van der Waals surface area contributed by atoms with Gasteiger partial charge < -0.3 is 24.3 Å². The summed E-state index contributed by atoms with van der Waals surface area (Å²) in [4.78, 5) is 26.7. The van der Waals surface area contributed by atoms with Gasteiger partial charge in [0.1, 0.15) is 11.3 Å². The summed E-state index contributed by atoms with van der Waals surface area (Å²) in [5, 5.41) is 15.7. The largest absolute Gasteiger partial charge is 0.466 e. The number of aromatic nitrogens is 4. The number of carbonyl (C=O) groups is 2. The van der Waals surface area contributed by atoms with E-state index in [2.05, 4.69) is 20.8 Å². The van der Waals surface area contributed by atoms with Gasteiger partial charge in [-0.1, -0.05) is 0 Å². The number of esters is 1. The molecule has 1 aromatic heterocycles. The number of nitrogens with zero attached hydrogens (tertiary/aromatic N) is 5. The highest BCUT2D eigenvalue weighted by atomic mass is 16.6. The summed E-state index contributed by atoms with van der Waals surface area (Å²) in [6, 6.07) is -0.847. The Hall–Kier alpha value is -2.31. The second-order valence-corrected chi connectivity index (χ2v) is 9.70. The normalized spacial score (nSPS) is 23.5. The fraction of sp³-hybridized carbons (Fsp3) is 0.857. The number of rotatable bonds is 8. The van der Waals surface area contributed by atoms with E-state index in [0.29, 0.717) is 25.6 Å². The van der Waals surface area contributed by atoms with Crippen LogP contribution in [0.5, 0.6) is 0 Å². The van der Waals surface area contributed by atoms with Crippen molar-refractivity contribution in [2.75, 3.05) is 26.4 Å². The first-order chi connectivity index (χ1) is 15.5. The number of amides is 1. The highest BCUT2D eigenvalue weighted by Crippen LogP contribution is 2.35. The van der Waals surface area contributed by atoms with Crippen LogP contribution < -0.4 is 5.32 Å². The van der Waals surface area contributed by atoms with E-state index in [1.165, 1.54) is 0 Å². The SMILES string of the molecule is CCOC(=O)CCn1nnnc1C(N[C@@H]1CCOC1)[C@@H]1COC(C)(C)N1C(=O)OC(C)(C)C. The summed E-state index contributed by atoms with van der Waals surface area (Å²) in [5.74, 6) is 0.180. The predicted octanol–water partition coefficient (Wildman–Crippen LogP) is 1.42. The molecule has 3 heterocycles. The number of tetrazole rings is 1. The minimum absolute atomic E-state index is 0.0643. The van der Waals surface area contributed by atoms with Crippen LogP contribution in [0.2, 0.25) is 0 Å². The van der Waals surface area contributed by atoms with Crippen LogP contribution in [0.15, 0.2) is 0 Å². The van der Waals surface area contributed by atoms with Gasteiger partial charge in [0.05, 0.1) is 44.9 Å². The third-order valence-electron chi connectivity index (χ3n) is 5.51. The van der Waals surface area contributed by atoms with Gasteiger partial charge in [-0.3, -0.25) is 9.69 Å². The van der Waals surface area contributed by atoms with E-state index in [1.54, 1.807) is 16.5 Å². The van der Waals surface area contributed by atoms with Gasteiger partial charge >= 0.3 is 12.1 Å². The molecule has 33 heavy (non-hydrogen) atoms. The molecule has 0 aliphatic carbocycles. The molecule has 0 spiro atoms. The van der Waals surface area contributed by atoms with Crippen molar-refractivity contribution in [2.24, 2.45) is 0 Å². The van der Waals surface area contributed by atoms with Crippen LogP contribution in [0.25, 0.3) is 0 Å². The zero-order chi connectivity index (χ0) is 24.2. The van der Waals surface area contributed by atoms with Crippen LogP contribution in [0.1, 0.15) is 66.3 Å². The lowest BCUT2D eigenvalue weighted by atomic mass is 10.0. The van der Waals surface area contributed by atoms with Crippen molar-refractivity contribution in [3.63, 3.8) is 0 Å². The monoisotopic (exact) mass is 468 g/mol. The molecule has 2 saturated heterocycles. The maximum Gasteiger partial charge on any atom is 0.412 e. The molecule has 2 aliphatic heterocycles. The summed E-state index contributed by atoms with van der Waals surface area (Å²) in [6.07, 6.45) is 0.479. The van der Waals surface area contributed by atoms with Crippen LogP contribution in [-0.4, -0.2) is 87.0 Å². The van der Waals surface area contributed by atoms with Crippen LogP contribution in [0.3, 0.4) is 0 Å². The van der Waals surface area contributed by atoms with E-state index in [9.17, 15) is 9.59 Å². The number of carbonyl (C=O) groups excluding carboxylic acids is 2. The van der Waals surface area contributed by atoms with Gasteiger partial charge in [-0.05, 0) is 58.4 Å². The predicted molar refractivity (Wildman–Crippen MR) is 116 cm³/mol. The molecule has 0 radical (unpaired) electrons. The number of aryl methyl sites for hydroxylation is 1. The zero-order valence-electron chi connectivity index (χ0n) is 20.4. The highest BCUT2D eigenvalue weighted by molar-refractivity contribution is 5.70. The van der Waals surface area contributed by atoms with Crippen molar-refractivity contribution < 1.29 is 28.5 Å². The Morgan fingerprint density at radius 1 is 1.30 bits per heavy atom. The molecule has 0 aromatic carbocycles. The van der Waals surface area contributed by atoms with Gasteiger partial charge in [0.25, 0.3) is 0 Å². The molecular formula is C21H36N6O6. The van der Waals surface area contributed by atoms with E-state index < -0.39 is 29.5 Å². The first-order valence-corrected chi connectivity index (χ1v) is 11.4. The quantitative estimate of drug-likeness (QED) is 0.559. The van der Waals surface area contributed by atoms with Crippen LogP contribution in [0, 0.1) is 0 Å². The molecule has 2 fully saturated rings. The Morgan fingerprint density at radius 3 is 2.70 bits per heavy atom. The van der Waals surface area contributed by atoms with E-state index in [1.807, 2.05) is 34.6 Å². The molecule has 0 saturated carbocycles. The van der Waals surface area contributed by atoms with Gasteiger partial charge in [0.2, 0.25) is 0 Å². The molecule has 1 aromatic rings. The molecule has 2 aliphatic rings. The molecule has 0 bridgehead atoms. The number of hydrogen-bond donors (Lipinski definition) is 1. The van der Waals surface area contributed by atoms with Crippen molar-refractivity contribution in [3.05, 3.63) is 5.82 Å². The molecule has 186 valence electrons. The van der Waals surface area contributed by atoms with Crippen molar-refractivity contribution in [3.8, 4) is 0 Å². The number of nitrogens with one attached hydrogen (secondary N) is 1. The number of ether oxygens (including phenoxy) is 4. The van der Waals surface area contributed by atoms with Crippen LogP contribution in [-0.2, 0) is 30.3 Å². The lowest BCUT2D eigenvalue weighted by molar-refractivity contribution is -0.143. The van der Waals surface area contributed by atoms with Crippen molar-refractivity contribution >= 4 is 12.1 Å². The fourth-order valence-corrected chi connectivity index (χ4v) is 4.05. The van der Waals surface area contributed by atoms with Gasteiger partial charge in [-0.25, -0.2) is 9.48 Å². The summed E-state index contributed by atoms with van der Waals surface area (Å²) in [6.45, 7) is 12.9. The van der Waals surface area contributed by atoms with Gasteiger partial charge in [-0.15, -0.1) is 5.10 Å². The molecule has 1 unspecified atom stereocenters. The number of hydrogen-bond acceptors (Lipinski definition) is 10. The first-order valence-electron chi connectivity index (χ1n) is 11.4. The Labute approximate surface area is 194 Å². The Balaban J connectivity index is 1.90. The smallest absolute Gasteiger partial charge is 0.412 e. The van der Waals surface area contributed by atoms with Crippen LogP contribution >= 0.6 is 0 Å². The molecule has 1 N–H and O–H groups in total. The Kier molecular flexibility index (Phi) is 7.91. The molecule has 3 rings (SSSR count). The van der Waals surface area contributed by atoms with Gasteiger partial charge in [0, 0.05) is 12.6 Å². The van der Waals surface area contributed by atoms with Crippen molar-refractivity contribution in [1.82, 2.24) is 30.4 Å². The summed E-state index contributed by atoms with van der Waals surface area (Å²) < 4.78 is 23.8. The minimum atomic E-state index is -0.887. The maximum atomic E-state index is 13.2. The Morgan fingerprint density at radius 2 is 2.06 bits per heavy atom. The van der Waals surface area contributed by atoms with E-state index in [-0.39, 0.29) is 31.6 Å². The standard InChI is InChI=1S/C21H36N6O6/c1-7-31-16(28)8-10-26-18(23-24-25-26)17(22-14-9-11-30-12-14)15-13-32-21(5,6)27(15)19(29)33-20(2,3)4/h14-15,17,22H,7-13H2,1-6H3/t14-,15+,17?/m1/s1. The fourth-order valence-electron chi connectivity index (χ4n) is 4.05. The molecular weight excluding hydrogens is 432 g/mol. The Bertz CT molecular complexity index is 816. The summed E-state index contributed by atoms with van der Waals surface area (Å²) >= 11 is 0. The molecule has 12 heteroatoms. The highest BCUT2D eigenvalue weighted by Gasteiger charge is 2.50. The molecule has 3 atom stereocenters. The third-order valence-corrected chi connectivity index (χ3v) is 5.51. The third kappa shape index (κ3) is 6.39. The van der Waals surface area contributed by atoms with E-state index in [4.69, 9.17) is 18.9 Å². The average molecular weight is 469 g/mol. The maximum absolute atomic E-state index is 13.2. The van der Waals surface area contributed by atoms with Crippen molar-refractivity contribution in [1.29, 1.82) is 0 Å². The first kappa shape index (κ1) is 25.3. The topological polar surface area (TPSA) is 130 Å². The zero-order valence-corrected chi connectivity index (χ0v) is 20.4. The summed E-state index contributed by atoms with van der Waals surface area (Å²) in [5.41, 5.74) is -1.55. The average Bonchev–Trinajstić information content (AvgIpc) is 3.43. The lowest BCUT2D eigenvalue weighted by Gasteiger charge is -2.38. The minimum Gasteiger partial charge on any atom is -0.466 e. The van der Waals surface area contributed by atoms with Gasteiger partial charge in [0.15, 0.2) is 5.82 Å². The van der Waals surface area contributed by atoms with E-state index >= 15 is 0 Å². The second-order valence-electron chi connectivity index (χ2n) is 9.70. The summed E-state index contributed by atoms with van der Waals surface area (Å²) in [7, 11) is 0. The lowest BCUT2D eigenvalue weighted by Crippen LogP contribution is -2.55.